The van der Waals surface area contributed by atoms with Crippen LogP contribution in [0.5, 0.6) is 0 Å². The molecule has 7 heteroatoms. The molecule has 3 nitrogen and oxygen atoms in total. The quantitative estimate of drug-likeness (QED) is 0.164. The van der Waals surface area contributed by atoms with Crippen molar-refractivity contribution in [1.29, 1.82) is 0 Å². The van der Waals surface area contributed by atoms with Gasteiger partial charge in [0, 0.05) is 52.8 Å². The maximum atomic E-state index is 2.63. The molecular weight excluding hydrogens is 1060 g/mol. The Kier molecular flexibility index (Phi) is 10.2. The smallest absolute Gasteiger partial charge is 0.0771 e. The standard InChI is InChI=1S/C74H51N3S4/c1-44-35-65(78-42-44)67-40-58-71(80-67)72-59(41-68(81-72)66-36-45(2)43-79-66)74(58)56-26-10-14-30-63(56)77(50-20-15-19-48(38-50)49-32-31-46-17-5-6-18-47(46)37-49)70-57(74)33-34-64-69(70)53-23-7-11-27-60(53)75(64)51-21-16-22-52(39-51)76-61-28-12-8-24-54(61)73(3,4)55-25-9-13-29-62(55)76/h5-43H,1-4H3. The Morgan fingerprint density at radius 2 is 0.926 bits per heavy atom. The zero-order valence-corrected chi connectivity index (χ0v) is 48.3. The Bertz CT molecular complexity index is 4800. The Hall–Kier alpha value is -8.56. The molecule has 0 N–H and O–H groups in total. The van der Waals surface area contributed by atoms with Crippen LogP contribution in [-0.4, -0.2) is 4.57 Å². The first-order chi connectivity index (χ1) is 39.7. The predicted octanol–water partition coefficient (Wildman–Crippen LogP) is 22.1. The second-order valence-corrected chi connectivity index (χ2v) is 26.5. The third-order valence-corrected chi connectivity index (χ3v) is 22.5. The van der Waals surface area contributed by atoms with Crippen LogP contribution < -0.4 is 9.80 Å². The van der Waals surface area contributed by atoms with E-state index in [-0.39, 0.29) is 5.41 Å². The third-order valence-electron chi connectivity index (χ3n) is 17.6. The van der Waals surface area contributed by atoms with Crippen LogP contribution in [0.25, 0.3) is 78.7 Å². The molecule has 17 rings (SSSR count). The second kappa shape index (κ2) is 17.5. The molecule has 9 aromatic carbocycles. The molecule has 0 saturated carbocycles. The van der Waals surface area contributed by atoms with Crippen molar-refractivity contribution >= 4 is 112 Å². The Morgan fingerprint density at radius 1 is 0.370 bits per heavy atom. The fourth-order valence-corrected chi connectivity index (χ4v) is 18.6. The summed E-state index contributed by atoms with van der Waals surface area (Å²) in [4.78, 5) is 13.2. The van der Waals surface area contributed by atoms with Crippen LogP contribution in [0, 0.1) is 13.8 Å². The van der Waals surface area contributed by atoms with E-state index in [1.54, 1.807) is 0 Å². The lowest BCUT2D eigenvalue weighted by Crippen LogP contribution is -2.36. The molecule has 5 aromatic heterocycles. The van der Waals surface area contributed by atoms with Gasteiger partial charge in [-0.25, -0.2) is 0 Å². The molecule has 0 saturated heterocycles. The number of para-hydroxylation sites is 4. The van der Waals surface area contributed by atoms with Crippen molar-refractivity contribution < 1.29 is 0 Å². The van der Waals surface area contributed by atoms with Gasteiger partial charge in [0.15, 0.2) is 0 Å². The van der Waals surface area contributed by atoms with Gasteiger partial charge >= 0.3 is 0 Å². The highest BCUT2D eigenvalue weighted by molar-refractivity contribution is 7.28. The first-order valence-electron chi connectivity index (χ1n) is 27.8. The zero-order chi connectivity index (χ0) is 53.9. The third kappa shape index (κ3) is 6.72. The Labute approximate surface area is 487 Å². The summed E-state index contributed by atoms with van der Waals surface area (Å²) in [6.07, 6.45) is 0. The van der Waals surface area contributed by atoms with Crippen LogP contribution in [-0.2, 0) is 10.8 Å². The van der Waals surface area contributed by atoms with Gasteiger partial charge in [0.25, 0.3) is 0 Å². The maximum Gasteiger partial charge on any atom is 0.0771 e. The molecule has 0 unspecified atom stereocenters. The largest absolute Gasteiger partial charge is 0.310 e. The SMILES string of the molecule is Cc1csc(-c2cc3c(s2)-c2sc(-c4cc(C)cs4)cc2C32c3ccccc3N(c3cccc(-c4ccc5ccccc5c4)c3)c3c2ccc2c3c3ccccc3n2-c2cccc(N3c4ccccc4C(C)(C)c4ccccc43)c2)c1. The Balaban J connectivity index is 0.963. The maximum absolute atomic E-state index is 2.63. The predicted molar refractivity (Wildman–Crippen MR) is 348 cm³/mol. The molecular formula is C74H51N3S4. The van der Waals surface area contributed by atoms with Crippen LogP contribution in [0.3, 0.4) is 0 Å². The first kappa shape index (κ1) is 47.3. The minimum absolute atomic E-state index is 0.161. The molecule has 386 valence electrons. The molecule has 0 bridgehead atoms. The van der Waals surface area contributed by atoms with Crippen molar-refractivity contribution in [2.75, 3.05) is 9.80 Å². The van der Waals surface area contributed by atoms with E-state index in [9.17, 15) is 0 Å². The molecule has 0 radical (unpaired) electrons. The summed E-state index contributed by atoms with van der Waals surface area (Å²) >= 11 is 7.66. The lowest BCUT2D eigenvalue weighted by molar-refractivity contribution is 0.632. The van der Waals surface area contributed by atoms with Crippen LogP contribution in [0.15, 0.2) is 235 Å². The highest BCUT2D eigenvalue weighted by Gasteiger charge is 2.55. The van der Waals surface area contributed by atoms with Crippen LogP contribution >= 0.6 is 45.3 Å². The lowest BCUT2D eigenvalue weighted by Gasteiger charge is -2.45. The van der Waals surface area contributed by atoms with Gasteiger partial charge < -0.3 is 14.4 Å². The van der Waals surface area contributed by atoms with E-state index in [0.29, 0.717) is 0 Å². The summed E-state index contributed by atoms with van der Waals surface area (Å²) < 4.78 is 2.53. The summed E-state index contributed by atoms with van der Waals surface area (Å²) in [5.74, 6) is 0. The number of hydrogen-bond donors (Lipinski definition) is 0. The van der Waals surface area contributed by atoms with Gasteiger partial charge in [-0.2, -0.15) is 0 Å². The highest BCUT2D eigenvalue weighted by Crippen LogP contribution is 2.69. The highest BCUT2D eigenvalue weighted by atomic mass is 32.1. The van der Waals surface area contributed by atoms with Crippen molar-refractivity contribution in [3.05, 3.63) is 280 Å². The van der Waals surface area contributed by atoms with E-state index < -0.39 is 5.41 Å². The molecule has 0 amide bonds. The minimum Gasteiger partial charge on any atom is -0.310 e. The van der Waals surface area contributed by atoms with Crippen molar-refractivity contribution in [2.45, 2.75) is 38.5 Å². The number of nitrogens with zero attached hydrogens (tertiary/aromatic N) is 3. The van der Waals surface area contributed by atoms with Crippen LogP contribution in [0.4, 0.5) is 34.1 Å². The van der Waals surface area contributed by atoms with E-state index in [1.807, 2.05) is 45.3 Å². The summed E-state index contributed by atoms with van der Waals surface area (Å²) in [6.45, 7) is 9.16. The normalized spacial score (nSPS) is 14.3. The molecule has 0 fully saturated rings. The van der Waals surface area contributed by atoms with Crippen LogP contribution in [0.1, 0.15) is 58.4 Å². The van der Waals surface area contributed by atoms with Crippen molar-refractivity contribution in [3.63, 3.8) is 0 Å². The van der Waals surface area contributed by atoms with Crippen molar-refractivity contribution in [3.8, 4) is 46.1 Å². The number of aromatic nitrogens is 1. The summed E-state index contributed by atoms with van der Waals surface area (Å²) in [5, 5.41) is 9.53. The summed E-state index contributed by atoms with van der Waals surface area (Å²) in [7, 11) is 0. The zero-order valence-electron chi connectivity index (χ0n) is 45.0. The van der Waals surface area contributed by atoms with Crippen LogP contribution in [0.2, 0.25) is 0 Å². The fraction of sp³-hybridized carbons (Fsp3) is 0.0811. The Morgan fingerprint density at radius 3 is 1.59 bits per heavy atom. The van der Waals surface area contributed by atoms with E-state index in [1.165, 1.54) is 135 Å². The number of anilines is 6. The van der Waals surface area contributed by atoms with E-state index in [4.69, 9.17) is 0 Å². The number of fused-ring (bicyclic) bond motifs is 16. The molecule has 1 aliphatic carbocycles. The average Bonchev–Trinajstić information content (AvgIpc) is 4.51. The van der Waals surface area contributed by atoms with Crippen molar-refractivity contribution in [2.24, 2.45) is 0 Å². The molecule has 81 heavy (non-hydrogen) atoms. The van der Waals surface area contributed by atoms with E-state index in [2.05, 4.69) is 277 Å². The lowest BCUT2D eigenvalue weighted by atomic mass is 9.65. The first-order valence-corrected chi connectivity index (χ1v) is 31.2. The molecule has 1 spiro atoms. The fourth-order valence-electron chi connectivity index (χ4n) is 14.1. The van der Waals surface area contributed by atoms with Gasteiger partial charge in [-0.3, -0.25) is 0 Å². The molecule has 2 aliphatic heterocycles. The number of benzene rings is 9. The van der Waals surface area contributed by atoms with Gasteiger partial charge in [0.2, 0.25) is 0 Å². The molecule has 7 heterocycles. The topological polar surface area (TPSA) is 11.4 Å². The van der Waals surface area contributed by atoms with E-state index >= 15 is 0 Å². The number of aryl methyl sites for hydroxylation is 2. The van der Waals surface area contributed by atoms with Gasteiger partial charge in [-0.05, 0) is 182 Å². The number of hydrogen-bond acceptors (Lipinski definition) is 6. The minimum atomic E-state index is -0.634. The number of rotatable bonds is 6. The second-order valence-electron chi connectivity index (χ2n) is 22.6. The molecule has 0 atom stereocenters. The monoisotopic (exact) mass is 1110 g/mol. The van der Waals surface area contributed by atoms with E-state index in [0.717, 1.165) is 22.6 Å². The summed E-state index contributed by atoms with van der Waals surface area (Å²) in [5.41, 5.74) is 22.7. The summed E-state index contributed by atoms with van der Waals surface area (Å²) in [6, 6.07) is 85.4. The van der Waals surface area contributed by atoms with Gasteiger partial charge in [-0.15, -0.1) is 45.3 Å². The molecule has 3 aliphatic rings. The van der Waals surface area contributed by atoms with Crippen molar-refractivity contribution in [1.82, 2.24) is 4.57 Å². The number of thiophene rings is 4. The van der Waals surface area contributed by atoms with Gasteiger partial charge in [0.05, 0.1) is 49.0 Å². The van der Waals surface area contributed by atoms with Gasteiger partial charge in [-0.1, -0.05) is 147 Å². The van der Waals surface area contributed by atoms with Gasteiger partial charge in [0.1, 0.15) is 0 Å². The molecule has 14 aromatic rings. The average molecular weight is 1110 g/mol.